The molecule has 3 aromatic rings. The number of rotatable bonds is 7. The van der Waals surface area contributed by atoms with Crippen LogP contribution in [0.25, 0.3) is 0 Å². The van der Waals surface area contributed by atoms with Crippen LogP contribution in [0.4, 0.5) is 5.69 Å². The van der Waals surface area contributed by atoms with E-state index >= 15 is 0 Å². The molecule has 1 unspecified atom stereocenters. The average Bonchev–Trinajstić information content (AvgIpc) is 3.25. The number of ether oxygens (including phenoxy) is 1. The first-order valence-corrected chi connectivity index (χ1v) is 12.9. The fourth-order valence-electron chi connectivity index (χ4n) is 3.74. The van der Waals surface area contributed by atoms with Crippen LogP contribution in [0, 0.1) is 0 Å². The highest BCUT2D eigenvalue weighted by Crippen LogP contribution is 2.30. The average molecular weight is 505 g/mol. The van der Waals surface area contributed by atoms with Crippen LogP contribution in [0.2, 0.25) is 4.34 Å². The van der Waals surface area contributed by atoms with E-state index in [-0.39, 0.29) is 21.5 Å². The van der Waals surface area contributed by atoms with Gasteiger partial charge in [-0.3, -0.25) is 9.52 Å². The number of hydrogen-bond donors (Lipinski definition) is 2. The second-order valence-corrected chi connectivity index (χ2v) is 11.1. The van der Waals surface area contributed by atoms with Crippen LogP contribution in [0.5, 0.6) is 0 Å². The Morgan fingerprint density at radius 2 is 1.82 bits per heavy atom. The van der Waals surface area contributed by atoms with E-state index in [1.54, 1.807) is 12.1 Å². The van der Waals surface area contributed by atoms with Gasteiger partial charge < -0.3 is 10.1 Å². The second-order valence-electron chi connectivity index (χ2n) is 7.50. The molecular weight excluding hydrogens is 484 g/mol. The SMILES string of the molecule is O=C(COC(=O)c1ccccc1NS(=O)(=O)c1ccc(Cl)s1)NC1CCCc2ccccc21. The van der Waals surface area contributed by atoms with E-state index in [2.05, 4.69) is 16.1 Å². The number of para-hydroxylation sites is 1. The number of thiophene rings is 1. The number of esters is 1. The molecule has 7 nitrogen and oxygen atoms in total. The van der Waals surface area contributed by atoms with E-state index in [4.69, 9.17) is 16.3 Å². The summed E-state index contributed by atoms with van der Waals surface area (Å²) >= 11 is 6.73. The number of fused-ring (bicyclic) bond motifs is 1. The summed E-state index contributed by atoms with van der Waals surface area (Å²) in [6.45, 7) is -0.473. The first-order chi connectivity index (χ1) is 15.8. The first kappa shape index (κ1) is 23.3. The van der Waals surface area contributed by atoms with E-state index in [9.17, 15) is 18.0 Å². The van der Waals surface area contributed by atoms with Crippen molar-refractivity contribution in [3.8, 4) is 0 Å². The smallest absolute Gasteiger partial charge is 0.340 e. The predicted molar refractivity (Wildman–Crippen MR) is 127 cm³/mol. The minimum Gasteiger partial charge on any atom is -0.452 e. The Labute approximate surface area is 200 Å². The number of anilines is 1. The number of carbonyl (C=O) groups excluding carboxylic acids is 2. The molecule has 0 spiro atoms. The van der Waals surface area contributed by atoms with E-state index < -0.39 is 28.5 Å². The van der Waals surface area contributed by atoms with Crippen molar-refractivity contribution in [1.29, 1.82) is 0 Å². The summed E-state index contributed by atoms with van der Waals surface area (Å²) in [7, 11) is -3.93. The zero-order valence-electron chi connectivity index (χ0n) is 17.4. The van der Waals surface area contributed by atoms with Crippen molar-refractivity contribution in [3.05, 3.63) is 81.7 Å². The summed E-state index contributed by atoms with van der Waals surface area (Å²) in [6, 6.07) is 16.7. The van der Waals surface area contributed by atoms with Crippen LogP contribution >= 0.6 is 22.9 Å². The van der Waals surface area contributed by atoms with Gasteiger partial charge in [-0.1, -0.05) is 48.0 Å². The third kappa shape index (κ3) is 5.55. The second kappa shape index (κ2) is 9.94. The van der Waals surface area contributed by atoms with Crippen molar-refractivity contribution in [2.45, 2.75) is 29.5 Å². The van der Waals surface area contributed by atoms with Gasteiger partial charge in [0.1, 0.15) is 4.21 Å². The zero-order valence-corrected chi connectivity index (χ0v) is 19.8. The molecule has 1 aliphatic rings. The highest BCUT2D eigenvalue weighted by atomic mass is 35.5. The molecule has 10 heteroatoms. The van der Waals surface area contributed by atoms with Gasteiger partial charge >= 0.3 is 5.97 Å². The summed E-state index contributed by atoms with van der Waals surface area (Å²) in [4.78, 5) is 25.1. The molecule has 2 N–H and O–H groups in total. The van der Waals surface area contributed by atoms with Crippen LogP contribution in [0.15, 0.2) is 64.9 Å². The quantitative estimate of drug-likeness (QED) is 0.459. The van der Waals surface area contributed by atoms with Gasteiger partial charge in [-0.05, 0) is 54.7 Å². The number of nitrogens with one attached hydrogen (secondary N) is 2. The lowest BCUT2D eigenvalue weighted by atomic mass is 9.88. The lowest BCUT2D eigenvalue weighted by Crippen LogP contribution is -2.34. The Morgan fingerprint density at radius 3 is 2.61 bits per heavy atom. The minimum atomic E-state index is -3.93. The van der Waals surface area contributed by atoms with Crippen LogP contribution in [0.3, 0.4) is 0 Å². The van der Waals surface area contributed by atoms with Gasteiger partial charge in [0.2, 0.25) is 0 Å². The fourth-order valence-corrected chi connectivity index (χ4v) is 6.30. The number of carbonyl (C=O) groups is 2. The minimum absolute atomic E-state index is 0.000426. The summed E-state index contributed by atoms with van der Waals surface area (Å²) in [6.07, 6.45) is 2.75. The number of amides is 1. The summed E-state index contributed by atoms with van der Waals surface area (Å²) in [5.74, 6) is -1.23. The predicted octanol–water partition coefficient (Wildman–Crippen LogP) is 4.55. The maximum Gasteiger partial charge on any atom is 0.340 e. The number of benzene rings is 2. The summed E-state index contributed by atoms with van der Waals surface area (Å²) in [5.41, 5.74) is 2.34. The lowest BCUT2D eigenvalue weighted by Gasteiger charge is -2.26. The van der Waals surface area contributed by atoms with Crippen molar-refractivity contribution in [2.24, 2.45) is 0 Å². The van der Waals surface area contributed by atoms with E-state index in [1.807, 2.05) is 18.2 Å². The molecule has 0 aliphatic heterocycles. The molecule has 33 heavy (non-hydrogen) atoms. The number of aryl methyl sites for hydroxylation is 1. The first-order valence-electron chi connectivity index (χ1n) is 10.2. The molecule has 4 rings (SSSR count). The molecule has 0 saturated heterocycles. The summed E-state index contributed by atoms with van der Waals surface area (Å²) < 4.78 is 33.1. The van der Waals surface area contributed by atoms with Gasteiger partial charge in [0.05, 0.1) is 21.6 Å². The molecule has 0 fully saturated rings. The molecule has 0 radical (unpaired) electrons. The van der Waals surface area contributed by atoms with Crippen LogP contribution in [0.1, 0.15) is 40.4 Å². The number of halogens is 1. The van der Waals surface area contributed by atoms with Crippen molar-refractivity contribution in [2.75, 3.05) is 11.3 Å². The van der Waals surface area contributed by atoms with Gasteiger partial charge in [0.15, 0.2) is 6.61 Å². The van der Waals surface area contributed by atoms with Crippen LogP contribution in [-0.2, 0) is 26.0 Å². The Kier molecular flexibility index (Phi) is 7.02. The normalized spacial score (nSPS) is 15.4. The molecule has 1 heterocycles. The van der Waals surface area contributed by atoms with Gasteiger partial charge in [-0.25, -0.2) is 13.2 Å². The maximum absolute atomic E-state index is 12.6. The number of hydrogen-bond acceptors (Lipinski definition) is 6. The third-order valence-corrected chi connectivity index (χ3v) is 8.33. The van der Waals surface area contributed by atoms with Crippen molar-refractivity contribution in [1.82, 2.24) is 5.32 Å². The fraction of sp³-hybridized carbons (Fsp3) is 0.217. The standard InChI is InChI=1S/C23H21ClN2O5S2/c24-20-12-13-22(32-20)33(29,30)26-19-10-4-3-9-17(19)23(28)31-14-21(27)25-18-11-5-7-15-6-1-2-8-16(15)18/h1-4,6,8-10,12-13,18,26H,5,7,11,14H2,(H,25,27). The van der Waals surface area contributed by atoms with Gasteiger partial charge in [-0.15, -0.1) is 11.3 Å². The van der Waals surface area contributed by atoms with E-state index in [1.165, 1.54) is 29.8 Å². The van der Waals surface area contributed by atoms with E-state index in [0.717, 1.165) is 36.2 Å². The molecule has 1 atom stereocenters. The maximum atomic E-state index is 12.6. The number of sulfonamides is 1. The van der Waals surface area contributed by atoms with Crippen molar-refractivity contribution in [3.63, 3.8) is 0 Å². The van der Waals surface area contributed by atoms with Gasteiger partial charge in [0.25, 0.3) is 15.9 Å². The van der Waals surface area contributed by atoms with Gasteiger partial charge in [0, 0.05) is 0 Å². The van der Waals surface area contributed by atoms with Crippen molar-refractivity contribution < 1.29 is 22.7 Å². The molecule has 2 aromatic carbocycles. The van der Waals surface area contributed by atoms with Crippen LogP contribution in [-0.4, -0.2) is 26.9 Å². The molecule has 0 saturated carbocycles. The van der Waals surface area contributed by atoms with E-state index in [0.29, 0.717) is 4.34 Å². The van der Waals surface area contributed by atoms with Crippen LogP contribution < -0.4 is 10.0 Å². The molecule has 1 aliphatic carbocycles. The monoisotopic (exact) mass is 504 g/mol. The zero-order chi connectivity index (χ0) is 23.4. The topological polar surface area (TPSA) is 102 Å². The third-order valence-electron chi connectivity index (χ3n) is 5.24. The molecule has 1 aromatic heterocycles. The van der Waals surface area contributed by atoms with Gasteiger partial charge in [-0.2, -0.15) is 0 Å². The Morgan fingerprint density at radius 1 is 1.06 bits per heavy atom. The molecule has 0 bridgehead atoms. The highest BCUT2D eigenvalue weighted by Gasteiger charge is 2.24. The molecular formula is C23H21ClN2O5S2. The highest BCUT2D eigenvalue weighted by molar-refractivity contribution is 7.94. The Hall–Kier alpha value is -2.88. The largest absolute Gasteiger partial charge is 0.452 e. The Balaban J connectivity index is 1.40. The Bertz CT molecular complexity index is 1290. The lowest BCUT2D eigenvalue weighted by molar-refractivity contribution is -0.125. The molecule has 1 amide bonds. The molecule has 172 valence electrons. The summed E-state index contributed by atoms with van der Waals surface area (Å²) in [5, 5.41) is 2.92. The van der Waals surface area contributed by atoms with Crippen molar-refractivity contribution >= 4 is 50.5 Å².